The molecule has 0 aromatic carbocycles. The molecule has 24 heavy (non-hydrogen) atoms. The first kappa shape index (κ1) is 32.2. The molecule has 0 atom stereocenters. The van der Waals surface area contributed by atoms with Crippen LogP contribution in [0.2, 0.25) is 51.4 Å². The van der Waals surface area contributed by atoms with Crippen molar-refractivity contribution in [1.29, 1.82) is 0 Å². The number of hydrogen-bond acceptors (Lipinski definition) is 3. The third-order valence-corrected chi connectivity index (χ3v) is 15.0. The van der Waals surface area contributed by atoms with Gasteiger partial charge in [0.2, 0.25) is 0 Å². The Morgan fingerprint density at radius 3 is 1.50 bits per heavy atom. The zero-order valence-corrected chi connectivity index (χ0v) is 18.8. The van der Waals surface area contributed by atoms with E-state index in [2.05, 4.69) is 58.4 Å². The normalized spacial score (nSPS) is 12.0. The summed E-state index contributed by atoms with van der Waals surface area (Å²) >= 11 is 0. The Kier molecular flexibility index (Phi) is 19.7. The van der Waals surface area contributed by atoms with E-state index in [1.54, 1.807) is 0 Å². The predicted molar refractivity (Wildman–Crippen MR) is 122 cm³/mol. The van der Waals surface area contributed by atoms with Crippen molar-refractivity contribution in [3.05, 3.63) is 0 Å². The first-order valence-electron chi connectivity index (χ1n) is 8.64. The minimum absolute atomic E-state index is 0. The molecular formula is C18H51NO2Si3. The Morgan fingerprint density at radius 2 is 1.12 bits per heavy atom. The van der Waals surface area contributed by atoms with Crippen LogP contribution in [-0.2, 0) is 8.23 Å². The highest BCUT2D eigenvalue weighted by Gasteiger charge is 2.38. The first-order valence-corrected chi connectivity index (χ1v) is 17.7. The zero-order valence-electron chi connectivity index (χ0n) is 15.8. The van der Waals surface area contributed by atoms with Crippen LogP contribution in [0.5, 0.6) is 0 Å². The average molecular weight is 398 g/mol. The summed E-state index contributed by atoms with van der Waals surface area (Å²) < 4.78 is 13.1. The molecule has 0 spiro atoms. The molecule has 0 unspecified atom stereocenters. The maximum Gasteiger partial charge on any atom is 0.311 e. The summed E-state index contributed by atoms with van der Waals surface area (Å²) in [6.45, 7) is 20.4. The third-order valence-electron chi connectivity index (χ3n) is 3.56. The summed E-state index contributed by atoms with van der Waals surface area (Å²) in [5.74, 6) is 0. The lowest BCUT2D eigenvalue weighted by molar-refractivity contribution is 0.386. The molecule has 0 saturated carbocycles. The summed E-state index contributed by atoms with van der Waals surface area (Å²) in [6, 6.07) is 2.47. The van der Waals surface area contributed by atoms with Gasteiger partial charge in [-0.25, -0.2) is 0 Å². The van der Waals surface area contributed by atoms with Gasteiger partial charge in [0.1, 0.15) is 0 Å². The molecule has 0 amide bonds. The van der Waals surface area contributed by atoms with E-state index in [4.69, 9.17) is 8.23 Å². The van der Waals surface area contributed by atoms with Crippen LogP contribution >= 0.6 is 0 Å². The summed E-state index contributed by atoms with van der Waals surface area (Å²) in [5, 5.41) is 3.40. The van der Waals surface area contributed by atoms with E-state index >= 15 is 0 Å². The molecule has 1 N–H and O–H groups in total. The molecule has 152 valence electrons. The maximum atomic E-state index is 6.58. The molecule has 0 aromatic heterocycles. The number of unbranched alkanes of at least 4 members (excludes halogenated alkanes) is 1. The van der Waals surface area contributed by atoms with Gasteiger partial charge in [-0.1, -0.05) is 49.0 Å². The molecule has 0 aliphatic heterocycles. The van der Waals surface area contributed by atoms with Crippen molar-refractivity contribution in [2.24, 2.45) is 0 Å². The van der Waals surface area contributed by atoms with E-state index in [0.717, 1.165) is 13.1 Å². The van der Waals surface area contributed by atoms with Crippen molar-refractivity contribution in [2.75, 3.05) is 13.1 Å². The molecule has 3 nitrogen and oxygen atoms in total. The SMILES string of the molecule is C.C.C.CCCC[Si](C)(C)O[Si](C)(C)O[Si](C)(C)CCCNCC. The fourth-order valence-electron chi connectivity index (χ4n) is 2.87. The Hall–Kier alpha value is 0.531. The van der Waals surface area contributed by atoms with Gasteiger partial charge in [-0.2, -0.15) is 0 Å². The Labute approximate surface area is 158 Å². The quantitative estimate of drug-likeness (QED) is 0.289. The topological polar surface area (TPSA) is 30.5 Å². The van der Waals surface area contributed by atoms with Crippen LogP contribution in [0.25, 0.3) is 0 Å². The Bertz CT molecular complexity index is 285. The summed E-state index contributed by atoms with van der Waals surface area (Å²) in [5.41, 5.74) is 0. The minimum Gasteiger partial charge on any atom is -0.437 e. The van der Waals surface area contributed by atoms with E-state index in [1.807, 2.05) is 0 Å². The molecule has 0 heterocycles. The summed E-state index contributed by atoms with van der Waals surface area (Å²) in [6.07, 6.45) is 3.76. The number of hydrogen-bond donors (Lipinski definition) is 1. The largest absolute Gasteiger partial charge is 0.437 e. The molecule has 0 rings (SSSR count). The Balaban J connectivity index is -0.000000667. The average Bonchev–Trinajstić information content (AvgIpc) is 2.29. The van der Waals surface area contributed by atoms with Gasteiger partial charge in [-0.3, -0.25) is 0 Å². The van der Waals surface area contributed by atoms with Gasteiger partial charge in [0.05, 0.1) is 0 Å². The van der Waals surface area contributed by atoms with Gasteiger partial charge in [0.15, 0.2) is 16.6 Å². The fourth-order valence-corrected chi connectivity index (χ4v) is 17.1. The highest BCUT2D eigenvalue weighted by molar-refractivity contribution is 6.87. The van der Waals surface area contributed by atoms with Crippen molar-refractivity contribution >= 4 is 25.2 Å². The molecule has 0 aliphatic carbocycles. The van der Waals surface area contributed by atoms with Crippen LogP contribution in [-0.4, -0.2) is 38.3 Å². The summed E-state index contributed by atoms with van der Waals surface area (Å²) in [4.78, 5) is 0. The van der Waals surface area contributed by atoms with E-state index < -0.39 is 25.2 Å². The molecule has 0 aliphatic rings. The van der Waals surface area contributed by atoms with Crippen molar-refractivity contribution in [2.45, 2.75) is 107 Å². The molecule has 0 fully saturated rings. The first-order chi connectivity index (χ1) is 9.54. The van der Waals surface area contributed by atoms with Crippen molar-refractivity contribution < 1.29 is 8.23 Å². The minimum atomic E-state index is -1.99. The smallest absolute Gasteiger partial charge is 0.311 e. The van der Waals surface area contributed by atoms with Gasteiger partial charge in [0, 0.05) is 0 Å². The van der Waals surface area contributed by atoms with E-state index in [-0.39, 0.29) is 22.3 Å². The van der Waals surface area contributed by atoms with Crippen LogP contribution < -0.4 is 5.32 Å². The van der Waals surface area contributed by atoms with Crippen LogP contribution in [0, 0.1) is 0 Å². The zero-order chi connectivity index (χ0) is 16.6. The monoisotopic (exact) mass is 397 g/mol. The standard InChI is InChI=1S/C15H39NO2Si3.3CH4/c1-9-11-14-19(3,4)17-21(7,8)18-20(5,6)15-12-13-16-10-2;;;/h16H,9-15H2,1-8H3;3*1H4. The van der Waals surface area contributed by atoms with E-state index in [1.165, 1.54) is 31.4 Å². The molecular weight excluding hydrogens is 346 g/mol. The van der Waals surface area contributed by atoms with E-state index in [9.17, 15) is 0 Å². The second-order valence-electron chi connectivity index (χ2n) is 7.68. The molecule has 0 radical (unpaired) electrons. The fraction of sp³-hybridized carbons (Fsp3) is 1.00. The van der Waals surface area contributed by atoms with Gasteiger partial charge >= 0.3 is 8.56 Å². The predicted octanol–water partition coefficient (Wildman–Crippen LogP) is 6.84. The molecule has 6 heteroatoms. The highest BCUT2D eigenvalue weighted by Crippen LogP contribution is 2.26. The Morgan fingerprint density at radius 1 is 0.708 bits per heavy atom. The molecule has 0 bridgehead atoms. The van der Waals surface area contributed by atoms with Gasteiger partial charge < -0.3 is 13.5 Å². The highest BCUT2D eigenvalue weighted by atomic mass is 28.5. The van der Waals surface area contributed by atoms with Crippen LogP contribution in [0.4, 0.5) is 0 Å². The molecule has 0 saturated heterocycles. The van der Waals surface area contributed by atoms with Crippen LogP contribution in [0.15, 0.2) is 0 Å². The van der Waals surface area contributed by atoms with Gasteiger partial charge in [-0.15, -0.1) is 0 Å². The number of nitrogens with one attached hydrogen (secondary N) is 1. The maximum absolute atomic E-state index is 6.58. The molecule has 0 aromatic rings. The van der Waals surface area contributed by atoms with Crippen molar-refractivity contribution in [3.8, 4) is 0 Å². The van der Waals surface area contributed by atoms with E-state index in [0.29, 0.717) is 0 Å². The summed E-state index contributed by atoms with van der Waals surface area (Å²) in [7, 11) is -5.15. The lowest BCUT2D eigenvalue weighted by Crippen LogP contribution is -2.52. The van der Waals surface area contributed by atoms with Crippen LogP contribution in [0.3, 0.4) is 0 Å². The van der Waals surface area contributed by atoms with Gasteiger partial charge in [0.25, 0.3) is 0 Å². The lowest BCUT2D eigenvalue weighted by Gasteiger charge is -2.38. The van der Waals surface area contributed by atoms with Crippen molar-refractivity contribution in [3.63, 3.8) is 0 Å². The lowest BCUT2D eigenvalue weighted by atomic mass is 10.4. The van der Waals surface area contributed by atoms with Crippen molar-refractivity contribution in [1.82, 2.24) is 5.32 Å². The number of rotatable bonds is 12. The third kappa shape index (κ3) is 17.4. The second kappa shape index (κ2) is 14.7. The second-order valence-corrected chi connectivity index (χ2v) is 20.2. The van der Waals surface area contributed by atoms with Crippen LogP contribution in [0.1, 0.15) is 55.4 Å². The van der Waals surface area contributed by atoms with Gasteiger partial charge in [-0.05, 0) is 70.9 Å².